The molecule has 4 nitrogen and oxygen atoms in total. The largest absolute Gasteiger partial charge is 0.358 e. The first-order chi connectivity index (χ1) is 6.68. The second-order valence-corrected chi connectivity index (χ2v) is 3.79. The van der Waals surface area contributed by atoms with E-state index >= 15 is 0 Å². The molecule has 1 aliphatic heterocycles. The minimum Gasteiger partial charge on any atom is -0.358 e. The second-order valence-electron chi connectivity index (χ2n) is 3.79. The van der Waals surface area contributed by atoms with Crippen LogP contribution in [0.3, 0.4) is 0 Å². The lowest BCUT2D eigenvalue weighted by Crippen LogP contribution is -2.29. The minimum absolute atomic E-state index is 0.160. The molecule has 0 amide bonds. The highest BCUT2D eigenvalue weighted by molar-refractivity contribution is 5.40. The highest BCUT2D eigenvalue weighted by atomic mass is 16.1. The molecule has 0 aromatic carbocycles. The molecule has 0 bridgehead atoms. The molecule has 1 aromatic heterocycles. The van der Waals surface area contributed by atoms with Gasteiger partial charge >= 0.3 is 5.69 Å². The van der Waals surface area contributed by atoms with Gasteiger partial charge in [0.05, 0.1) is 0 Å². The van der Waals surface area contributed by atoms with Gasteiger partial charge in [0.2, 0.25) is 0 Å². The highest BCUT2D eigenvalue weighted by Gasteiger charge is 2.15. The van der Waals surface area contributed by atoms with Crippen LogP contribution >= 0.6 is 0 Å². The van der Waals surface area contributed by atoms with Gasteiger partial charge < -0.3 is 4.90 Å². The van der Waals surface area contributed by atoms with Gasteiger partial charge in [-0.15, -0.1) is 0 Å². The van der Waals surface area contributed by atoms with E-state index in [1.165, 1.54) is 12.8 Å². The summed E-state index contributed by atoms with van der Waals surface area (Å²) in [5, 5.41) is 0. The van der Waals surface area contributed by atoms with Gasteiger partial charge in [-0.2, -0.15) is 4.98 Å². The van der Waals surface area contributed by atoms with Crippen molar-refractivity contribution in [2.75, 3.05) is 18.0 Å². The Morgan fingerprint density at radius 2 is 2.00 bits per heavy atom. The van der Waals surface area contributed by atoms with Crippen molar-refractivity contribution in [3.05, 3.63) is 22.2 Å². The van der Waals surface area contributed by atoms with Gasteiger partial charge in [-0.25, -0.2) is 4.79 Å². The average molecular weight is 193 g/mol. The van der Waals surface area contributed by atoms with Crippen LogP contribution in [-0.2, 0) is 7.05 Å². The van der Waals surface area contributed by atoms with Crippen LogP contribution in [0.15, 0.2) is 10.9 Å². The van der Waals surface area contributed by atoms with Crippen molar-refractivity contribution in [2.24, 2.45) is 7.05 Å². The molecule has 0 unspecified atom stereocenters. The first-order valence-corrected chi connectivity index (χ1v) is 4.98. The Morgan fingerprint density at radius 3 is 2.64 bits per heavy atom. The number of anilines is 1. The Bertz CT molecular complexity index is 391. The zero-order chi connectivity index (χ0) is 10.1. The Kier molecular flexibility index (Phi) is 2.27. The van der Waals surface area contributed by atoms with Crippen LogP contribution in [0.5, 0.6) is 0 Å². The summed E-state index contributed by atoms with van der Waals surface area (Å²) in [6.45, 7) is 3.97. The van der Waals surface area contributed by atoms with Crippen molar-refractivity contribution in [2.45, 2.75) is 19.8 Å². The molecule has 2 rings (SSSR count). The van der Waals surface area contributed by atoms with Crippen LogP contribution in [0.25, 0.3) is 0 Å². The van der Waals surface area contributed by atoms with E-state index in [1.807, 2.05) is 13.0 Å². The van der Waals surface area contributed by atoms with Gasteiger partial charge in [-0.1, -0.05) is 0 Å². The summed E-state index contributed by atoms with van der Waals surface area (Å²) >= 11 is 0. The maximum absolute atomic E-state index is 11.4. The van der Waals surface area contributed by atoms with Crippen molar-refractivity contribution in [1.82, 2.24) is 9.55 Å². The van der Waals surface area contributed by atoms with Crippen LogP contribution in [0.1, 0.15) is 18.5 Å². The standard InChI is InChI=1S/C10H15N3O/c1-8-7-9(12(2)10(14)11-8)13-5-3-4-6-13/h7H,3-6H2,1-2H3. The first-order valence-electron chi connectivity index (χ1n) is 4.98. The molecule has 1 saturated heterocycles. The smallest absolute Gasteiger partial charge is 0.349 e. The van der Waals surface area contributed by atoms with E-state index in [0.717, 1.165) is 24.6 Å². The summed E-state index contributed by atoms with van der Waals surface area (Å²) < 4.78 is 1.62. The molecular formula is C10H15N3O. The molecule has 2 heterocycles. The Hall–Kier alpha value is -1.32. The Labute approximate surface area is 83.2 Å². The quantitative estimate of drug-likeness (QED) is 0.658. The summed E-state index contributed by atoms with van der Waals surface area (Å²) in [6.07, 6.45) is 2.44. The van der Waals surface area contributed by atoms with Gasteiger partial charge in [0.1, 0.15) is 5.82 Å². The SMILES string of the molecule is Cc1cc(N2CCCC2)n(C)c(=O)n1. The maximum atomic E-state index is 11.4. The van der Waals surface area contributed by atoms with Crippen LogP contribution in [0.2, 0.25) is 0 Å². The fraction of sp³-hybridized carbons (Fsp3) is 0.600. The van der Waals surface area contributed by atoms with Crippen molar-refractivity contribution in [3.63, 3.8) is 0 Å². The molecule has 0 aliphatic carbocycles. The van der Waals surface area contributed by atoms with Crippen LogP contribution < -0.4 is 10.6 Å². The van der Waals surface area contributed by atoms with Crippen molar-refractivity contribution < 1.29 is 0 Å². The number of hydrogen-bond acceptors (Lipinski definition) is 3. The zero-order valence-corrected chi connectivity index (χ0v) is 8.66. The Balaban J connectivity index is 2.45. The number of aromatic nitrogens is 2. The number of hydrogen-bond donors (Lipinski definition) is 0. The van der Waals surface area contributed by atoms with E-state index < -0.39 is 0 Å². The number of nitrogens with zero attached hydrogens (tertiary/aromatic N) is 3. The normalized spacial score (nSPS) is 16.3. The lowest BCUT2D eigenvalue weighted by Gasteiger charge is -2.20. The molecule has 4 heteroatoms. The summed E-state index contributed by atoms with van der Waals surface area (Å²) in [5.41, 5.74) is 0.641. The fourth-order valence-corrected chi connectivity index (χ4v) is 1.89. The molecule has 1 aromatic rings. The molecule has 0 atom stereocenters. The molecule has 0 N–H and O–H groups in total. The van der Waals surface area contributed by atoms with E-state index in [2.05, 4.69) is 9.88 Å². The van der Waals surface area contributed by atoms with Crippen LogP contribution in [-0.4, -0.2) is 22.6 Å². The third-order valence-electron chi connectivity index (χ3n) is 2.67. The zero-order valence-electron chi connectivity index (χ0n) is 8.66. The molecule has 14 heavy (non-hydrogen) atoms. The van der Waals surface area contributed by atoms with Crippen molar-refractivity contribution in [3.8, 4) is 0 Å². The summed E-state index contributed by atoms with van der Waals surface area (Å²) in [7, 11) is 1.78. The first kappa shape index (κ1) is 9.24. The monoisotopic (exact) mass is 193 g/mol. The Morgan fingerprint density at radius 1 is 1.36 bits per heavy atom. The van der Waals surface area contributed by atoms with Crippen molar-refractivity contribution in [1.29, 1.82) is 0 Å². The summed E-state index contributed by atoms with van der Waals surface area (Å²) in [6, 6.07) is 1.98. The van der Waals surface area contributed by atoms with E-state index in [0.29, 0.717) is 0 Å². The third-order valence-corrected chi connectivity index (χ3v) is 2.67. The third kappa shape index (κ3) is 1.52. The summed E-state index contributed by atoms with van der Waals surface area (Å²) in [5.74, 6) is 1.00. The van der Waals surface area contributed by atoms with Gasteiger partial charge in [0.15, 0.2) is 0 Å². The molecule has 0 radical (unpaired) electrons. The predicted octanol–water partition coefficient (Wildman–Crippen LogP) is 0.689. The maximum Gasteiger partial charge on any atom is 0.349 e. The minimum atomic E-state index is -0.160. The molecule has 1 aliphatic rings. The number of rotatable bonds is 1. The van der Waals surface area contributed by atoms with E-state index in [9.17, 15) is 4.79 Å². The van der Waals surface area contributed by atoms with Gasteiger partial charge in [-0.3, -0.25) is 4.57 Å². The summed E-state index contributed by atoms with van der Waals surface area (Å²) in [4.78, 5) is 17.6. The topological polar surface area (TPSA) is 38.1 Å². The molecule has 0 spiro atoms. The van der Waals surface area contributed by atoms with Gasteiger partial charge in [-0.05, 0) is 19.8 Å². The fourth-order valence-electron chi connectivity index (χ4n) is 1.89. The highest BCUT2D eigenvalue weighted by Crippen LogP contribution is 2.17. The van der Waals surface area contributed by atoms with Gasteiger partial charge in [0, 0.05) is 31.9 Å². The molecular weight excluding hydrogens is 178 g/mol. The molecule has 76 valence electrons. The second kappa shape index (κ2) is 3.44. The number of aryl methyl sites for hydroxylation is 1. The predicted molar refractivity (Wildman–Crippen MR) is 55.7 cm³/mol. The lowest BCUT2D eigenvalue weighted by atomic mass is 10.4. The molecule has 1 fully saturated rings. The van der Waals surface area contributed by atoms with E-state index in [-0.39, 0.29) is 5.69 Å². The molecule has 0 saturated carbocycles. The van der Waals surface area contributed by atoms with Crippen LogP contribution in [0, 0.1) is 6.92 Å². The lowest BCUT2D eigenvalue weighted by molar-refractivity contribution is 0.760. The van der Waals surface area contributed by atoms with Gasteiger partial charge in [0.25, 0.3) is 0 Å². The van der Waals surface area contributed by atoms with Crippen molar-refractivity contribution >= 4 is 5.82 Å². The van der Waals surface area contributed by atoms with E-state index in [1.54, 1.807) is 11.6 Å². The average Bonchev–Trinajstić information content (AvgIpc) is 2.63. The van der Waals surface area contributed by atoms with Crippen LogP contribution in [0.4, 0.5) is 5.82 Å². The van der Waals surface area contributed by atoms with E-state index in [4.69, 9.17) is 0 Å².